The predicted octanol–water partition coefficient (Wildman–Crippen LogP) is 4.41. The highest BCUT2D eigenvalue weighted by Crippen LogP contribution is 2.26. The minimum Gasteiger partial charge on any atom is -0.322 e. The van der Waals surface area contributed by atoms with Gasteiger partial charge in [-0.3, -0.25) is 9.52 Å². The summed E-state index contributed by atoms with van der Waals surface area (Å²) in [5.74, 6) is -0.232. The van der Waals surface area contributed by atoms with Gasteiger partial charge in [-0.05, 0) is 30.3 Å². The Labute approximate surface area is 163 Å². The van der Waals surface area contributed by atoms with Gasteiger partial charge in [-0.2, -0.15) is 0 Å². The molecule has 0 spiro atoms. The number of nitrogens with one attached hydrogen (secondary N) is 2. The minimum absolute atomic E-state index is 0.0942. The molecule has 0 bridgehead atoms. The average molecular weight is 416 g/mol. The Bertz CT molecular complexity index is 1200. The second-order valence-electron chi connectivity index (χ2n) is 5.57. The minimum atomic E-state index is -3.71. The van der Waals surface area contributed by atoms with E-state index in [9.17, 15) is 13.2 Å². The summed E-state index contributed by atoms with van der Waals surface area (Å²) in [4.78, 5) is 16.5. The fraction of sp³-hybridized carbons (Fsp3) is 0. The smallest absolute Gasteiger partial charge is 0.263 e. The van der Waals surface area contributed by atoms with Gasteiger partial charge in [0, 0.05) is 32.7 Å². The molecule has 4 aromatic rings. The van der Waals surface area contributed by atoms with E-state index in [4.69, 9.17) is 0 Å². The number of thiophene rings is 1. The van der Waals surface area contributed by atoms with Gasteiger partial charge in [0.1, 0.15) is 0 Å². The normalized spacial score (nSPS) is 11.4. The number of rotatable bonds is 5. The van der Waals surface area contributed by atoms with Crippen LogP contribution in [0.3, 0.4) is 0 Å². The molecule has 6 nitrogen and oxygen atoms in total. The molecule has 136 valence electrons. The van der Waals surface area contributed by atoms with Crippen molar-refractivity contribution in [3.05, 3.63) is 71.1 Å². The molecule has 0 aliphatic rings. The van der Waals surface area contributed by atoms with Crippen LogP contribution in [0.5, 0.6) is 0 Å². The van der Waals surface area contributed by atoms with Crippen molar-refractivity contribution in [3.63, 3.8) is 0 Å². The molecular formula is C18H13N3O3S3. The highest BCUT2D eigenvalue weighted by atomic mass is 32.2. The third kappa shape index (κ3) is 3.70. The van der Waals surface area contributed by atoms with Crippen LogP contribution in [-0.2, 0) is 10.0 Å². The molecule has 0 fully saturated rings. The Balaban J connectivity index is 1.51. The number of amides is 1. The lowest BCUT2D eigenvalue weighted by Crippen LogP contribution is -2.14. The maximum atomic E-state index is 12.5. The maximum absolute atomic E-state index is 12.5. The van der Waals surface area contributed by atoms with Crippen LogP contribution in [0, 0.1) is 0 Å². The molecule has 0 radical (unpaired) electrons. The highest BCUT2D eigenvalue weighted by Gasteiger charge is 2.16. The number of hydrogen-bond acceptors (Lipinski definition) is 6. The number of nitrogens with zero attached hydrogens (tertiary/aromatic N) is 1. The first kappa shape index (κ1) is 17.7. The molecule has 0 aliphatic heterocycles. The number of fused-ring (bicyclic) bond motifs is 1. The van der Waals surface area contributed by atoms with Crippen LogP contribution in [0.2, 0.25) is 0 Å². The van der Waals surface area contributed by atoms with Crippen LogP contribution in [-0.4, -0.2) is 19.3 Å². The van der Waals surface area contributed by atoms with Crippen LogP contribution < -0.4 is 10.0 Å². The number of carbonyl (C=O) groups is 1. The average Bonchev–Trinajstić information content (AvgIpc) is 3.31. The molecule has 0 unspecified atom stereocenters. The molecule has 0 aliphatic carbocycles. The van der Waals surface area contributed by atoms with Crippen molar-refractivity contribution < 1.29 is 13.2 Å². The Morgan fingerprint density at radius 2 is 1.78 bits per heavy atom. The van der Waals surface area contributed by atoms with Crippen LogP contribution in [0.1, 0.15) is 10.4 Å². The van der Waals surface area contributed by atoms with Gasteiger partial charge in [-0.1, -0.05) is 18.2 Å². The molecule has 9 heteroatoms. The summed E-state index contributed by atoms with van der Waals surface area (Å²) < 4.78 is 28.1. The fourth-order valence-electron chi connectivity index (χ4n) is 2.52. The number of sulfonamides is 1. The maximum Gasteiger partial charge on any atom is 0.263 e. The molecule has 4 rings (SSSR count). The van der Waals surface area contributed by atoms with Crippen molar-refractivity contribution in [1.29, 1.82) is 0 Å². The molecule has 2 aromatic heterocycles. The lowest BCUT2D eigenvalue weighted by Gasteiger charge is -2.08. The van der Waals surface area contributed by atoms with Gasteiger partial charge in [0.05, 0.1) is 10.5 Å². The first-order chi connectivity index (χ1) is 13.0. The number of carbonyl (C=O) groups excluding carboxylic acids is 1. The van der Waals surface area contributed by atoms with Crippen LogP contribution in [0.15, 0.2) is 70.4 Å². The zero-order chi connectivity index (χ0) is 18.9. The van der Waals surface area contributed by atoms with Gasteiger partial charge >= 0.3 is 0 Å². The van der Waals surface area contributed by atoms with Crippen molar-refractivity contribution in [2.75, 3.05) is 10.0 Å². The van der Waals surface area contributed by atoms with Gasteiger partial charge in [0.25, 0.3) is 15.9 Å². The van der Waals surface area contributed by atoms with E-state index in [1.807, 2.05) is 29.6 Å². The number of benzene rings is 2. The van der Waals surface area contributed by atoms with Gasteiger partial charge in [0.15, 0.2) is 5.13 Å². The van der Waals surface area contributed by atoms with E-state index in [0.717, 1.165) is 10.1 Å². The van der Waals surface area contributed by atoms with E-state index >= 15 is 0 Å². The predicted molar refractivity (Wildman–Crippen MR) is 109 cm³/mol. The third-order valence-electron chi connectivity index (χ3n) is 3.80. The molecule has 2 aromatic carbocycles. The first-order valence-electron chi connectivity index (χ1n) is 7.83. The van der Waals surface area contributed by atoms with E-state index in [0.29, 0.717) is 16.4 Å². The molecule has 27 heavy (non-hydrogen) atoms. The van der Waals surface area contributed by atoms with Crippen molar-refractivity contribution in [1.82, 2.24) is 4.98 Å². The second-order valence-corrected chi connectivity index (χ2v) is 9.05. The summed E-state index contributed by atoms with van der Waals surface area (Å²) in [5.41, 5.74) is 1.11. The van der Waals surface area contributed by atoms with Gasteiger partial charge < -0.3 is 5.32 Å². The third-order valence-corrected chi connectivity index (χ3v) is 6.94. The number of aromatic nitrogens is 1. The summed E-state index contributed by atoms with van der Waals surface area (Å²) in [7, 11) is -3.71. The summed E-state index contributed by atoms with van der Waals surface area (Å²) in [6.07, 6.45) is 1.52. The van der Waals surface area contributed by atoms with Gasteiger partial charge in [0.2, 0.25) is 0 Å². The molecule has 0 saturated heterocycles. The Kier molecular flexibility index (Phi) is 4.65. The standard InChI is InChI=1S/C18H13N3O3S3/c22-17(15-11-26-16-4-2-1-3-14(15)16)20-12-5-7-13(8-6-12)27(23,24)21-18-19-9-10-25-18/h1-11H,(H,19,21)(H,20,22). The quantitative estimate of drug-likeness (QED) is 0.505. The summed E-state index contributed by atoms with van der Waals surface area (Å²) in [6, 6.07) is 13.7. The van der Waals surface area contributed by atoms with Crippen LogP contribution >= 0.6 is 22.7 Å². The molecule has 0 atom stereocenters. The first-order valence-corrected chi connectivity index (χ1v) is 11.1. The summed E-state index contributed by atoms with van der Waals surface area (Å²) in [5, 5.41) is 7.50. The van der Waals surface area contributed by atoms with Gasteiger partial charge in [-0.25, -0.2) is 13.4 Å². The van der Waals surface area contributed by atoms with Gasteiger partial charge in [-0.15, -0.1) is 22.7 Å². The Morgan fingerprint density at radius 1 is 1.00 bits per heavy atom. The van der Waals surface area contributed by atoms with E-state index in [1.54, 1.807) is 17.5 Å². The summed E-state index contributed by atoms with van der Waals surface area (Å²) in [6.45, 7) is 0. The van der Waals surface area contributed by atoms with Crippen LogP contribution in [0.4, 0.5) is 10.8 Å². The monoisotopic (exact) mass is 415 g/mol. The molecular weight excluding hydrogens is 402 g/mol. The number of anilines is 2. The van der Waals surface area contributed by atoms with E-state index in [1.165, 1.54) is 41.0 Å². The fourth-order valence-corrected chi connectivity index (χ4v) is 5.25. The van der Waals surface area contributed by atoms with E-state index in [-0.39, 0.29) is 10.8 Å². The van der Waals surface area contributed by atoms with Crippen molar-refractivity contribution in [3.8, 4) is 0 Å². The number of thiazole rings is 1. The van der Waals surface area contributed by atoms with Crippen molar-refractivity contribution in [2.24, 2.45) is 0 Å². The molecule has 2 N–H and O–H groups in total. The lowest BCUT2D eigenvalue weighted by atomic mass is 10.1. The molecule has 1 amide bonds. The zero-order valence-corrected chi connectivity index (χ0v) is 16.2. The molecule has 2 heterocycles. The largest absolute Gasteiger partial charge is 0.322 e. The highest BCUT2D eigenvalue weighted by molar-refractivity contribution is 7.93. The second kappa shape index (κ2) is 7.10. The summed E-state index contributed by atoms with van der Waals surface area (Å²) >= 11 is 2.70. The number of hydrogen-bond donors (Lipinski definition) is 2. The molecule has 0 saturated carbocycles. The topological polar surface area (TPSA) is 88.2 Å². The van der Waals surface area contributed by atoms with E-state index < -0.39 is 10.0 Å². The van der Waals surface area contributed by atoms with Crippen LogP contribution in [0.25, 0.3) is 10.1 Å². The zero-order valence-electron chi connectivity index (χ0n) is 13.7. The SMILES string of the molecule is O=C(Nc1ccc(S(=O)(=O)Nc2nccs2)cc1)c1csc2ccccc12. The van der Waals surface area contributed by atoms with Crippen molar-refractivity contribution >= 4 is 59.5 Å². The Morgan fingerprint density at radius 3 is 2.52 bits per heavy atom. The van der Waals surface area contributed by atoms with E-state index in [2.05, 4.69) is 15.0 Å². The Hall–Kier alpha value is -2.75. The van der Waals surface area contributed by atoms with Crippen molar-refractivity contribution in [2.45, 2.75) is 4.90 Å². The lowest BCUT2D eigenvalue weighted by molar-refractivity contribution is 0.102.